The first-order valence-electron chi connectivity index (χ1n) is 7.24. The molecule has 0 aliphatic heterocycles. The number of ether oxygens (including phenoxy) is 1. The molecule has 2 nitrogen and oxygen atoms in total. The minimum atomic E-state index is 0.514. The van der Waals surface area contributed by atoms with Gasteiger partial charge in [0.05, 0.1) is 6.61 Å². The number of thiophene rings is 1. The third-order valence-corrected chi connectivity index (χ3v) is 5.01. The summed E-state index contributed by atoms with van der Waals surface area (Å²) in [6, 6.07) is 11.3. The van der Waals surface area contributed by atoms with Crippen molar-refractivity contribution in [3.63, 3.8) is 0 Å². The van der Waals surface area contributed by atoms with Crippen LogP contribution in [0.15, 0.2) is 35.7 Å². The van der Waals surface area contributed by atoms with E-state index in [1.807, 2.05) is 11.3 Å². The summed E-state index contributed by atoms with van der Waals surface area (Å²) >= 11 is 1.90. The topological polar surface area (TPSA) is 21.3 Å². The van der Waals surface area contributed by atoms with Crippen molar-refractivity contribution >= 4 is 11.3 Å². The Morgan fingerprint density at radius 3 is 2.95 bits per heavy atom. The minimum Gasteiger partial charge on any atom is -0.380 e. The summed E-state index contributed by atoms with van der Waals surface area (Å²) in [6.45, 7) is 1.60. The number of methoxy groups -OCH3 is 1. The lowest BCUT2D eigenvalue weighted by atomic mass is 9.93. The number of nitrogens with one attached hydrogen (secondary N) is 1. The molecule has 1 atom stereocenters. The molecule has 1 aliphatic rings. The highest BCUT2D eigenvalue weighted by molar-refractivity contribution is 7.10. The summed E-state index contributed by atoms with van der Waals surface area (Å²) in [5.74, 6) is 0. The van der Waals surface area contributed by atoms with E-state index in [2.05, 4.69) is 41.0 Å². The maximum absolute atomic E-state index is 5.28. The van der Waals surface area contributed by atoms with Crippen LogP contribution >= 0.6 is 11.3 Å². The van der Waals surface area contributed by atoms with Gasteiger partial charge in [-0.3, -0.25) is 0 Å². The van der Waals surface area contributed by atoms with Gasteiger partial charge < -0.3 is 10.1 Å². The van der Waals surface area contributed by atoms with E-state index in [-0.39, 0.29) is 0 Å². The summed E-state index contributed by atoms with van der Waals surface area (Å²) in [7, 11) is 1.75. The predicted molar refractivity (Wildman–Crippen MR) is 84.0 cm³/mol. The molecule has 1 aromatic carbocycles. The molecule has 0 amide bonds. The Morgan fingerprint density at radius 1 is 1.25 bits per heavy atom. The third kappa shape index (κ3) is 2.95. The molecule has 0 saturated heterocycles. The van der Waals surface area contributed by atoms with E-state index in [1.54, 1.807) is 12.0 Å². The first-order valence-corrected chi connectivity index (χ1v) is 8.12. The maximum Gasteiger partial charge on any atom is 0.0716 e. The highest BCUT2D eigenvalue weighted by Gasteiger charge is 2.20. The third-order valence-electron chi connectivity index (χ3n) is 4.01. The van der Waals surface area contributed by atoms with Crippen molar-refractivity contribution in [2.75, 3.05) is 7.11 Å². The highest BCUT2D eigenvalue weighted by atomic mass is 32.1. The highest BCUT2D eigenvalue weighted by Crippen LogP contribution is 2.33. The Morgan fingerprint density at radius 2 is 2.10 bits per heavy atom. The zero-order valence-electron chi connectivity index (χ0n) is 11.9. The molecular weight excluding hydrogens is 266 g/mol. The largest absolute Gasteiger partial charge is 0.380 e. The van der Waals surface area contributed by atoms with Crippen molar-refractivity contribution < 1.29 is 4.74 Å². The molecule has 3 heteroatoms. The average molecular weight is 287 g/mol. The second-order valence-corrected chi connectivity index (χ2v) is 6.33. The van der Waals surface area contributed by atoms with Gasteiger partial charge >= 0.3 is 0 Å². The van der Waals surface area contributed by atoms with E-state index < -0.39 is 0 Å². The second-order valence-electron chi connectivity index (χ2n) is 5.33. The van der Waals surface area contributed by atoms with Crippen molar-refractivity contribution in [3.05, 3.63) is 57.3 Å². The maximum atomic E-state index is 5.28. The molecule has 1 N–H and O–H groups in total. The fourth-order valence-corrected chi connectivity index (χ4v) is 3.95. The Bertz CT molecular complexity index is 564. The van der Waals surface area contributed by atoms with Crippen LogP contribution in [0.4, 0.5) is 0 Å². The summed E-state index contributed by atoms with van der Waals surface area (Å²) in [4.78, 5) is 1.57. The summed E-state index contributed by atoms with van der Waals surface area (Å²) in [5, 5.41) is 5.96. The van der Waals surface area contributed by atoms with Gasteiger partial charge in [0.1, 0.15) is 0 Å². The van der Waals surface area contributed by atoms with E-state index in [0.717, 1.165) is 6.54 Å². The Balaban J connectivity index is 1.69. The molecule has 0 saturated carbocycles. The molecule has 2 aromatic rings. The first-order chi connectivity index (χ1) is 9.88. The number of hydrogen-bond donors (Lipinski definition) is 1. The molecule has 3 rings (SSSR count). The van der Waals surface area contributed by atoms with E-state index in [1.165, 1.54) is 36.0 Å². The minimum absolute atomic E-state index is 0.514. The molecule has 1 heterocycles. The normalized spacial score (nSPS) is 17.9. The van der Waals surface area contributed by atoms with E-state index in [4.69, 9.17) is 4.74 Å². The van der Waals surface area contributed by atoms with E-state index in [0.29, 0.717) is 12.6 Å². The number of benzene rings is 1. The molecule has 0 bridgehead atoms. The molecule has 1 unspecified atom stereocenters. The van der Waals surface area contributed by atoms with E-state index in [9.17, 15) is 0 Å². The lowest BCUT2D eigenvalue weighted by molar-refractivity contribution is 0.184. The van der Waals surface area contributed by atoms with Gasteiger partial charge in [0.15, 0.2) is 0 Å². The van der Waals surface area contributed by atoms with Crippen molar-refractivity contribution in [3.8, 4) is 0 Å². The summed E-state index contributed by atoms with van der Waals surface area (Å²) < 4.78 is 5.28. The number of aryl methyl sites for hydroxylation is 1. The average Bonchev–Trinajstić information content (AvgIpc) is 2.96. The van der Waals surface area contributed by atoms with Crippen LogP contribution in [0.1, 0.15) is 40.5 Å². The number of hydrogen-bond acceptors (Lipinski definition) is 3. The molecule has 1 aromatic heterocycles. The SMILES string of the molecule is COCc1ccccc1CNC1CCCc2sccc21. The molecular formula is C17H21NOS. The monoisotopic (exact) mass is 287 g/mol. The van der Waals surface area contributed by atoms with Gasteiger partial charge in [-0.1, -0.05) is 24.3 Å². The van der Waals surface area contributed by atoms with Gasteiger partial charge in [-0.05, 0) is 47.4 Å². The van der Waals surface area contributed by atoms with Gasteiger partial charge in [-0.15, -0.1) is 11.3 Å². The van der Waals surface area contributed by atoms with Gasteiger partial charge in [0.2, 0.25) is 0 Å². The van der Waals surface area contributed by atoms with Gasteiger partial charge in [-0.2, -0.15) is 0 Å². The molecule has 0 fully saturated rings. The van der Waals surface area contributed by atoms with Crippen LogP contribution in [0.25, 0.3) is 0 Å². The smallest absolute Gasteiger partial charge is 0.0716 e. The van der Waals surface area contributed by atoms with Crippen LogP contribution in [0, 0.1) is 0 Å². The zero-order chi connectivity index (χ0) is 13.8. The second kappa shape index (κ2) is 6.53. The van der Waals surface area contributed by atoms with Crippen LogP contribution in [0.5, 0.6) is 0 Å². The van der Waals surface area contributed by atoms with Crippen molar-refractivity contribution in [2.24, 2.45) is 0 Å². The standard InChI is InChI=1S/C17H21NOS/c1-19-12-14-6-3-2-5-13(14)11-18-16-7-4-8-17-15(16)9-10-20-17/h2-3,5-6,9-10,16,18H,4,7-8,11-12H2,1H3. The number of fused-ring (bicyclic) bond motifs is 1. The lowest BCUT2D eigenvalue weighted by Gasteiger charge is -2.24. The van der Waals surface area contributed by atoms with Gasteiger partial charge in [0, 0.05) is 24.6 Å². The molecule has 0 radical (unpaired) electrons. The lowest BCUT2D eigenvalue weighted by Crippen LogP contribution is -2.24. The van der Waals surface area contributed by atoms with Crippen molar-refractivity contribution in [1.29, 1.82) is 0 Å². The van der Waals surface area contributed by atoms with Gasteiger partial charge in [0.25, 0.3) is 0 Å². The van der Waals surface area contributed by atoms with Gasteiger partial charge in [-0.25, -0.2) is 0 Å². The molecule has 106 valence electrons. The number of rotatable bonds is 5. The van der Waals surface area contributed by atoms with Crippen LogP contribution in [0.2, 0.25) is 0 Å². The Hall–Kier alpha value is -1.16. The first kappa shape index (κ1) is 13.8. The quantitative estimate of drug-likeness (QED) is 0.895. The molecule has 1 aliphatic carbocycles. The molecule has 0 spiro atoms. The fourth-order valence-electron chi connectivity index (χ4n) is 2.96. The summed E-state index contributed by atoms with van der Waals surface area (Å²) in [6.07, 6.45) is 3.80. The fraction of sp³-hybridized carbons (Fsp3) is 0.412. The summed E-state index contributed by atoms with van der Waals surface area (Å²) in [5.41, 5.74) is 4.14. The van der Waals surface area contributed by atoms with Crippen LogP contribution in [0.3, 0.4) is 0 Å². The van der Waals surface area contributed by atoms with Crippen LogP contribution in [-0.2, 0) is 24.3 Å². The van der Waals surface area contributed by atoms with Crippen molar-refractivity contribution in [1.82, 2.24) is 5.32 Å². The Kier molecular flexibility index (Phi) is 4.51. The van der Waals surface area contributed by atoms with E-state index >= 15 is 0 Å². The Labute approximate surface area is 124 Å². The van der Waals surface area contributed by atoms with Crippen LogP contribution < -0.4 is 5.32 Å². The predicted octanol–water partition coefficient (Wildman–Crippen LogP) is 4.06. The molecule has 20 heavy (non-hydrogen) atoms. The zero-order valence-corrected chi connectivity index (χ0v) is 12.7. The van der Waals surface area contributed by atoms with Crippen LogP contribution in [-0.4, -0.2) is 7.11 Å². The van der Waals surface area contributed by atoms with Crippen molar-refractivity contribution in [2.45, 2.75) is 38.5 Å².